The topological polar surface area (TPSA) is 64.5 Å². The Morgan fingerprint density at radius 1 is 1.37 bits per heavy atom. The van der Waals surface area contributed by atoms with Crippen LogP contribution in [-0.4, -0.2) is 23.5 Å². The molecular weight excluding hydrogens is 242 g/mol. The number of benzene rings is 1. The summed E-state index contributed by atoms with van der Waals surface area (Å²) in [6.07, 6.45) is 0.895. The molecule has 3 rings (SSSR count). The first kappa shape index (κ1) is 12.0. The molecule has 5 nitrogen and oxygen atoms in total. The fourth-order valence-electron chi connectivity index (χ4n) is 2.39. The van der Waals surface area contributed by atoms with Crippen LogP contribution in [0, 0.1) is 0 Å². The molecule has 0 saturated heterocycles. The van der Waals surface area contributed by atoms with Gasteiger partial charge in [0.05, 0.1) is 19.3 Å². The second-order valence-corrected chi connectivity index (χ2v) is 4.73. The largest absolute Gasteiger partial charge is 0.497 e. The summed E-state index contributed by atoms with van der Waals surface area (Å²) in [6.45, 7) is 2.64. The summed E-state index contributed by atoms with van der Waals surface area (Å²) < 4.78 is 10.6. The molecule has 0 amide bonds. The molecule has 19 heavy (non-hydrogen) atoms. The van der Waals surface area contributed by atoms with Crippen molar-refractivity contribution < 1.29 is 9.15 Å². The second-order valence-electron chi connectivity index (χ2n) is 4.73. The van der Waals surface area contributed by atoms with E-state index >= 15 is 0 Å². The molecule has 0 bridgehead atoms. The minimum absolute atomic E-state index is 0.274. The van der Waals surface area contributed by atoms with Crippen LogP contribution in [0.15, 0.2) is 28.7 Å². The van der Waals surface area contributed by atoms with Crippen molar-refractivity contribution in [1.29, 1.82) is 0 Å². The van der Waals surface area contributed by atoms with Crippen LogP contribution in [0.25, 0.3) is 0 Å². The van der Waals surface area contributed by atoms with E-state index in [2.05, 4.69) is 22.0 Å². The summed E-state index contributed by atoms with van der Waals surface area (Å²) in [5.74, 6) is 1.78. The number of aromatic nitrogens is 1. The van der Waals surface area contributed by atoms with Crippen LogP contribution in [0.2, 0.25) is 0 Å². The van der Waals surface area contributed by atoms with Crippen LogP contribution < -0.4 is 10.5 Å². The molecule has 1 aromatic carbocycles. The molecule has 0 saturated carbocycles. The van der Waals surface area contributed by atoms with Gasteiger partial charge in [-0.05, 0) is 17.7 Å². The van der Waals surface area contributed by atoms with E-state index in [1.54, 1.807) is 7.11 Å². The van der Waals surface area contributed by atoms with E-state index in [4.69, 9.17) is 14.9 Å². The molecule has 2 aromatic rings. The lowest BCUT2D eigenvalue weighted by atomic mass is 10.1. The van der Waals surface area contributed by atoms with E-state index in [-0.39, 0.29) is 6.01 Å². The van der Waals surface area contributed by atoms with Crippen molar-refractivity contribution in [3.8, 4) is 5.75 Å². The summed E-state index contributed by atoms with van der Waals surface area (Å²) in [5.41, 5.74) is 7.84. The molecule has 0 fully saturated rings. The summed E-state index contributed by atoms with van der Waals surface area (Å²) in [7, 11) is 1.68. The molecule has 0 spiro atoms. The molecule has 100 valence electrons. The van der Waals surface area contributed by atoms with E-state index in [1.165, 1.54) is 5.56 Å². The number of anilines is 1. The van der Waals surface area contributed by atoms with Crippen LogP contribution in [0.4, 0.5) is 6.01 Å². The Hall–Kier alpha value is -2.01. The van der Waals surface area contributed by atoms with Crippen molar-refractivity contribution in [2.24, 2.45) is 0 Å². The fourth-order valence-corrected chi connectivity index (χ4v) is 2.39. The highest BCUT2D eigenvalue weighted by Crippen LogP contribution is 2.22. The first-order valence-electron chi connectivity index (χ1n) is 6.34. The standard InChI is InChI=1S/C14H17N3O2/c1-18-11-4-2-10(3-5-11)8-17-7-6-12-13(9-17)19-14(15)16-12/h2-5H,6-9H2,1H3,(H2,15,16). The lowest BCUT2D eigenvalue weighted by Crippen LogP contribution is -2.29. The predicted octanol–water partition coefficient (Wildman–Crippen LogP) is 1.82. The molecule has 0 atom stereocenters. The number of hydrogen-bond donors (Lipinski definition) is 1. The van der Waals surface area contributed by atoms with Gasteiger partial charge in [-0.3, -0.25) is 4.90 Å². The van der Waals surface area contributed by atoms with Crippen LogP contribution in [0.3, 0.4) is 0 Å². The maximum Gasteiger partial charge on any atom is 0.292 e. The summed E-state index contributed by atoms with van der Waals surface area (Å²) >= 11 is 0. The maximum atomic E-state index is 5.58. The molecule has 2 heterocycles. The lowest BCUT2D eigenvalue weighted by molar-refractivity contribution is 0.222. The zero-order valence-electron chi connectivity index (χ0n) is 10.9. The first-order chi connectivity index (χ1) is 9.24. The highest BCUT2D eigenvalue weighted by Gasteiger charge is 2.21. The molecule has 1 aliphatic rings. The lowest BCUT2D eigenvalue weighted by Gasteiger charge is -2.24. The minimum Gasteiger partial charge on any atom is -0.497 e. The Kier molecular flexibility index (Phi) is 3.13. The van der Waals surface area contributed by atoms with Crippen LogP contribution in [0.1, 0.15) is 17.0 Å². The smallest absolute Gasteiger partial charge is 0.292 e. The van der Waals surface area contributed by atoms with E-state index in [1.807, 2.05) is 12.1 Å². The average Bonchev–Trinajstić information content (AvgIpc) is 2.79. The second kappa shape index (κ2) is 4.93. The van der Waals surface area contributed by atoms with Gasteiger partial charge in [0.25, 0.3) is 6.01 Å². The highest BCUT2D eigenvalue weighted by atomic mass is 16.5. The molecule has 0 unspecified atom stereocenters. The van der Waals surface area contributed by atoms with Crippen molar-refractivity contribution >= 4 is 6.01 Å². The Morgan fingerprint density at radius 2 is 2.16 bits per heavy atom. The average molecular weight is 259 g/mol. The normalized spacial score (nSPS) is 15.2. The zero-order valence-corrected chi connectivity index (χ0v) is 10.9. The number of ether oxygens (including phenoxy) is 1. The maximum absolute atomic E-state index is 5.58. The van der Waals surface area contributed by atoms with Gasteiger partial charge in [0.15, 0.2) is 0 Å². The van der Waals surface area contributed by atoms with Crippen LogP contribution in [-0.2, 0) is 19.5 Å². The summed E-state index contributed by atoms with van der Waals surface area (Å²) in [4.78, 5) is 6.51. The minimum atomic E-state index is 0.274. The molecule has 1 aromatic heterocycles. The van der Waals surface area contributed by atoms with Gasteiger partial charge in [-0.25, -0.2) is 0 Å². The van der Waals surface area contributed by atoms with Crippen molar-refractivity contribution in [2.45, 2.75) is 19.5 Å². The van der Waals surface area contributed by atoms with Crippen molar-refractivity contribution in [2.75, 3.05) is 19.4 Å². The highest BCUT2D eigenvalue weighted by molar-refractivity contribution is 5.27. The first-order valence-corrected chi connectivity index (χ1v) is 6.34. The third-order valence-corrected chi connectivity index (χ3v) is 3.39. The third-order valence-electron chi connectivity index (χ3n) is 3.39. The van der Waals surface area contributed by atoms with Crippen molar-refractivity contribution in [3.05, 3.63) is 41.3 Å². The van der Waals surface area contributed by atoms with Gasteiger partial charge in [-0.15, -0.1) is 0 Å². The van der Waals surface area contributed by atoms with Crippen molar-refractivity contribution in [3.63, 3.8) is 0 Å². The van der Waals surface area contributed by atoms with Gasteiger partial charge in [0.2, 0.25) is 0 Å². The number of methoxy groups -OCH3 is 1. The summed E-state index contributed by atoms with van der Waals surface area (Å²) in [5, 5.41) is 0. The molecule has 0 aliphatic carbocycles. The Bertz CT molecular complexity index is 563. The fraction of sp³-hybridized carbons (Fsp3) is 0.357. The van der Waals surface area contributed by atoms with Gasteiger partial charge in [-0.1, -0.05) is 12.1 Å². The predicted molar refractivity (Wildman–Crippen MR) is 71.7 cm³/mol. The number of nitrogen functional groups attached to an aromatic ring is 1. The van der Waals surface area contributed by atoms with Crippen LogP contribution in [0.5, 0.6) is 5.75 Å². The SMILES string of the molecule is COc1ccc(CN2CCc3nc(N)oc3C2)cc1. The number of hydrogen-bond acceptors (Lipinski definition) is 5. The number of rotatable bonds is 3. The quantitative estimate of drug-likeness (QED) is 0.911. The zero-order chi connectivity index (χ0) is 13.2. The van der Waals surface area contributed by atoms with E-state index < -0.39 is 0 Å². The van der Waals surface area contributed by atoms with E-state index in [0.717, 1.165) is 43.3 Å². The summed E-state index contributed by atoms with van der Waals surface area (Å²) in [6, 6.07) is 8.41. The monoisotopic (exact) mass is 259 g/mol. The Labute approximate surface area is 112 Å². The van der Waals surface area contributed by atoms with Gasteiger partial charge in [0.1, 0.15) is 11.5 Å². The molecule has 2 N–H and O–H groups in total. The van der Waals surface area contributed by atoms with Crippen molar-refractivity contribution in [1.82, 2.24) is 9.88 Å². The van der Waals surface area contributed by atoms with E-state index in [9.17, 15) is 0 Å². The Morgan fingerprint density at radius 3 is 2.89 bits per heavy atom. The van der Waals surface area contributed by atoms with Crippen LogP contribution >= 0.6 is 0 Å². The van der Waals surface area contributed by atoms with E-state index in [0.29, 0.717) is 0 Å². The number of fused-ring (bicyclic) bond motifs is 1. The number of nitrogens with zero attached hydrogens (tertiary/aromatic N) is 2. The Balaban J connectivity index is 1.68. The molecule has 0 radical (unpaired) electrons. The molecular formula is C14H17N3O2. The van der Waals surface area contributed by atoms with Gasteiger partial charge in [-0.2, -0.15) is 4.98 Å². The van der Waals surface area contributed by atoms with Gasteiger partial charge in [0, 0.05) is 19.5 Å². The third kappa shape index (κ3) is 2.56. The van der Waals surface area contributed by atoms with Gasteiger partial charge < -0.3 is 14.9 Å². The van der Waals surface area contributed by atoms with Gasteiger partial charge >= 0.3 is 0 Å². The molecule has 5 heteroatoms. The molecule has 1 aliphatic heterocycles. The number of nitrogens with two attached hydrogens (primary N) is 1. The number of oxazole rings is 1.